The van der Waals surface area contributed by atoms with Crippen LogP contribution in [0, 0.1) is 0 Å². The van der Waals surface area contributed by atoms with E-state index in [4.69, 9.17) is 5.73 Å². The first-order chi connectivity index (χ1) is 9.93. The minimum atomic E-state index is 0.0451. The number of hydrogen-bond acceptors (Lipinski definition) is 3. The normalized spacial score (nSPS) is 12.8. The summed E-state index contributed by atoms with van der Waals surface area (Å²) in [5.41, 5.74) is 8.13. The van der Waals surface area contributed by atoms with E-state index in [0.717, 1.165) is 17.4 Å². The van der Waals surface area contributed by atoms with E-state index in [1.54, 1.807) is 6.20 Å². The van der Waals surface area contributed by atoms with Crippen LogP contribution >= 0.6 is 0 Å². The summed E-state index contributed by atoms with van der Waals surface area (Å²) < 4.78 is 0. The van der Waals surface area contributed by atoms with Crippen LogP contribution in [0.5, 0.6) is 0 Å². The summed E-state index contributed by atoms with van der Waals surface area (Å²) in [5, 5.41) is 0.885. The molecule has 0 fully saturated rings. The van der Waals surface area contributed by atoms with Gasteiger partial charge in [-0.1, -0.05) is 0 Å². The molecule has 0 spiro atoms. The number of nitrogens with two attached hydrogens (primary N) is 1. The molecule has 5 heteroatoms. The lowest BCUT2D eigenvalue weighted by Crippen LogP contribution is -2.43. The Bertz CT molecular complexity index is 632. The van der Waals surface area contributed by atoms with Crippen LogP contribution in [0.2, 0.25) is 0 Å². The lowest BCUT2D eigenvalue weighted by atomic mass is 10.1. The molecule has 1 atom stereocenters. The molecule has 1 heterocycles. The molecule has 5 nitrogen and oxygen atoms in total. The highest BCUT2D eigenvalue weighted by Gasteiger charge is 2.22. The van der Waals surface area contributed by atoms with Gasteiger partial charge in [0.05, 0.1) is 5.56 Å². The maximum Gasteiger partial charge on any atom is 0.256 e. The van der Waals surface area contributed by atoms with E-state index in [-0.39, 0.29) is 11.9 Å². The Morgan fingerprint density at radius 2 is 2.10 bits per heavy atom. The van der Waals surface area contributed by atoms with Gasteiger partial charge < -0.3 is 20.5 Å². The van der Waals surface area contributed by atoms with E-state index in [1.165, 1.54) is 0 Å². The number of nitrogens with zero attached hydrogens (tertiary/aromatic N) is 2. The molecule has 0 bridgehead atoms. The number of likely N-dealkylation sites (N-methyl/N-ethyl adjacent to an activating group) is 2. The minimum absolute atomic E-state index is 0.0451. The highest BCUT2D eigenvalue weighted by Crippen LogP contribution is 2.23. The maximum atomic E-state index is 12.8. The number of rotatable bonds is 5. The van der Waals surface area contributed by atoms with Crippen LogP contribution in [-0.2, 0) is 0 Å². The van der Waals surface area contributed by atoms with Gasteiger partial charge in [-0.2, -0.15) is 0 Å². The zero-order chi connectivity index (χ0) is 15.6. The molecule has 114 valence electrons. The second-order valence-corrected chi connectivity index (χ2v) is 5.71. The summed E-state index contributed by atoms with van der Waals surface area (Å²) in [4.78, 5) is 20.0. The van der Waals surface area contributed by atoms with Crippen LogP contribution in [-0.4, -0.2) is 53.9 Å². The number of fused-ring (bicyclic) bond motifs is 1. The first-order valence-corrected chi connectivity index (χ1v) is 7.26. The van der Waals surface area contributed by atoms with Gasteiger partial charge in [0.15, 0.2) is 0 Å². The molecule has 0 saturated heterocycles. The molecular weight excluding hydrogens is 264 g/mol. The van der Waals surface area contributed by atoms with Crippen LogP contribution in [0.15, 0.2) is 24.4 Å². The number of anilines is 1. The Morgan fingerprint density at radius 1 is 1.38 bits per heavy atom. The number of carbonyl (C=O) groups is 1. The predicted octanol–water partition coefficient (Wildman–Crippen LogP) is 2.16. The van der Waals surface area contributed by atoms with Gasteiger partial charge in [-0.15, -0.1) is 0 Å². The lowest BCUT2D eigenvalue weighted by Gasteiger charge is -2.30. The van der Waals surface area contributed by atoms with Gasteiger partial charge in [0.2, 0.25) is 0 Å². The topological polar surface area (TPSA) is 65.4 Å². The molecule has 3 N–H and O–H groups in total. The van der Waals surface area contributed by atoms with Crippen molar-refractivity contribution in [3.8, 4) is 0 Å². The smallest absolute Gasteiger partial charge is 0.256 e. The number of benzene rings is 1. The monoisotopic (exact) mass is 288 g/mol. The summed E-state index contributed by atoms with van der Waals surface area (Å²) in [5.74, 6) is 0.0451. The quantitative estimate of drug-likeness (QED) is 0.829. The number of hydrogen-bond donors (Lipinski definition) is 2. The van der Waals surface area contributed by atoms with Crippen LogP contribution in [0.25, 0.3) is 10.9 Å². The second-order valence-electron chi connectivity index (χ2n) is 5.71. The minimum Gasteiger partial charge on any atom is -0.399 e. The molecule has 2 aromatic rings. The first kappa shape index (κ1) is 15.4. The first-order valence-electron chi connectivity index (χ1n) is 7.26. The van der Waals surface area contributed by atoms with Crippen molar-refractivity contribution in [1.29, 1.82) is 0 Å². The van der Waals surface area contributed by atoms with Gasteiger partial charge in [0, 0.05) is 41.9 Å². The number of carbonyl (C=O) groups excluding carboxylic acids is 1. The van der Waals surface area contributed by atoms with E-state index in [9.17, 15) is 4.79 Å². The third-order valence-electron chi connectivity index (χ3n) is 3.70. The van der Waals surface area contributed by atoms with Crippen molar-refractivity contribution in [1.82, 2.24) is 14.8 Å². The van der Waals surface area contributed by atoms with E-state index in [2.05, 4.69) is 16.8 Å². The molecule has 0 radical (unpaired) electrons. The SMILES string of the molecule is CCN(C(=O)c1c[nH]c2ccc(N)cc12)C(C)CN(C)C. The van der Waals surface area contributed by atoms with Crippen LogP contribution in [0.1, 0.15) is 24.2 Å². The van der Waals surface area contributed by atoms with Crippen LogP contribution < -0.4 is 5.73 Å². The van der Waals surface area contributed by atoms with E-state index >= 15 is 0 Å². The third-order valence-corrected chi connectivity index (χ3v) is 3.70. The van der Waals surface area contributed by atoms with E-state index in [0.29, 0.717) is 17.8 Å². The lowest BCUT2D eigenvalue weighted by molar-refractivity contribution is 0.0681. The van der Waals surface area contributed by atoms with Gasteiger partial charge in [-0.3, -0.25) is 4.79 Å². The number of nitrogens with one attached hydrogen (secondary N) is 1. The molecule has 0 aliphatic rings. The summed E-state index contributed by atoms with van der Waals surface area (Å²) in [7, 11) is 4.03. The summed E-state index contributed by atoms with van der Waals surface area (Å²) >= 11 is 0. The van der Waals surface area contributed by atoms with E-state index in [1.807, 2.05) is 44.1 Å². The number of aromatic nitrogens is 1. The van der Waals surface area contributed by atoms with Gasteiger partial charge in [-0.05, 0) is 46.1 Å². The number of aromatic amines is 1. The molecule has 2 rings (SSSR count). The van der Waals surface area contributed by atoms with Crippen molar-refractivity contribution in [2.24, 2.45) is 0 Å². The Morgan fingerprint density at radius 3 is 2.71 bits per heavy atom. The number of H-pyrrole nitrogens is 1. The number of amides is 1. The third kappa shape index (κ3) is 3.19. The molecule has 1 unspecified atom stereocenters. The van der Waals surface area contributed by atoms with Gasteiger partial charge in [0.25, 0.3) is 5.91 Å². The summed E-state index contributed by atoms with van der Waals surface area (Å²) in [6, 6.07) is 5.74. The molecule has 1 amide bonds. The molecule has 1 aromatic heterocycles. The molecule has 1 aromatic carbocycles. The zero-order valence-electron chi connectivity index (χ0n) is 13.2. The van der Waals surface area contributed by atoms with Crippen molar-refractivity contribution >= 4 is 22.5 Å². The molecule has 0 saturated carbocycles. The van der Waals surface area contributed by atoms with Crippen molar-refractivity contribution in [2.75, 3.05) is 32.9 Å². The fourth-order valence-corrected chi connectivity index (χ4v) is 2.75. The molecular formula is C16H24N4O. The van der Waals surface area contributed by atoms with Gasteiger partial charge >= 0.3 is 0 Å². The zero-order valence-corrected chi connectivity index (χ0v) is 13.2. The second kappa shape index (κ2) is 6.18. The van der Waals surface area contributed by atoms with Crippen molar-refractivity contribution in [3.05, 3.63) is 30.0 Å². The Kier molecular flexibility index (Phi) is 4.53. The van der Waals surface area contributed by atoms with Crippen molar-refractivity contribution in [3.63, 3.8) is 0 Å². The van der Waals surface area contributed by atoms with E-state index < -0.39 is 0 Å². The van der Waals surface area contributed by atoms with Crippen LogP contribution in [0.4, 0.5) is 5.69 Å². The predicted molar refractivity (Wildman–Crippen MR) is 87.4 cm³/mol. The van der Waals surface area contributed by atoms with Crippen molar-refractivity contribution < 1.29 is 4.79 Å². The maximum absolute atomic E-state index is 12.8. The Balaban J connectivity index is 2.33. The van der Waals surface area contributed by atoms with Crippen molar-refractivity contribution in [2.45, 2.75) is 19.9 Å². The molecule has 21 heavy (non-hydrogen) atoms. The number of nitrogen functional groups attached to an aromatic ring is 1. The van der Waals surface area contributed by atoms with Crippen LogP contribution in [0.3, 0.4) is 0 Å². The Labute approximate surface area is 125 Å². The van der Waals surface area contributed by atoms with Gasteiger partial charge in [-0.25, -0.2) is 0 Å². The fourth-order valence-electron chi connectivity index (χ4n) is 2.75. The molecule has 0 aliphatic carbocycles. The largest absolute Gasteiger partial charge is 0.399 e. The summed E-state index contributed by atoms with van der Waals surface area (Å²) in [6.45, 7) is 5.60. The standard InChI is InChI=1S/C16H24N4O/c1-5-20(11(2)10-19(3)4)16(21)14-9-18-15-7-6-12(17)8-13(14)15/h6-9,11,18H,5,10,17H2,1-4H3. The Hall–Kier alpha value is -2.01. The fraction of sp³-hybridized carbons (Fsp3) is 0.438. The highest BCUT2D eigenvalue weighted by molar-refractivity contribution is 6.07. The highest BCUT2D eigenvalue weighted by atomic mass is 16.2. The summed E-state index contributed by atoms with van der Waals surface area (Å²) in [6.07, 6.45) is 1.78. The average molecular weight is 288 g/mol. The average Bonchev–Trinajstić information content (AvgIpc) is 2.81. The molecule has 0 aliphatic heterocycles. The van der Waals surface area contributed by atoms with Gasteiger partial charge in [0.1, 0.15) is 0 Å².